The summed E-state index contributed by atoms with van der Waals surface area (Å²) in [7, 11) is 1.35. The van der Waals surface area contributed by atoms with Crippen LogP contribution < -0.4 is 0 Å². The highest BCUT2D eigenvalue weighted by Crippen LogP contribution is 2.16. The smallest absolute Gasteiger partial charge is 0.374 e. The molecule has 1 saturated heterocycles. The second-order valence-electron chi connectivity index (χ2n) is 5.32. The molecule has 2 heterocycles. The Bertz CT molecular complexity index is 448. The lowest BCUT2D eigenvalue weighted by Gasteiger charge is -2.38. The van der Waals surface area contributed by atoms with Crippen molar-refractivity contribution in [2.45, 2.75) is 25.9 Å². The number of nitrogens with zero attached hydrogens (tertiary/aromatic N) is 2. The standard InChI is InChI=1S/C15H24N2O4/c1-3-13(11-18)17-7-5-16(6-8-17)10-12-4-9-21-14(12)15(19)20-2/h4,9,13,18H,3,5-8,10-11H2,1-2H3. The van der Waals surface area contributed by atoms with E-state index in [1.54, 1.807) is 0 Å². The summed E-state index contributed by atoms with van der Waals surface area (Å²) in [5.74, 6) is -0.137. The van der Waals surface area contributed by atoms with Gasteiger partial charge in [0.05, 0.1) is 20.0 Å². The lowest BCUT2D eigenvalue weighted by atomic mass is 10.1. The van der Waals surface area contributed by atoms with E-state index in [1.807, 2.05) is 6.07 Å². The Morgan fingerprint density at radius 1 is 1.43 bits per heavy atom. The molecule has 0 radical (unpaired) electrons. The van der Waals surface area contributed by atoms with Gasteiger partial charge in [0.1, 0.15) is 0 Å². The molecular formula is C15H24N2O4. The SMILES string of the molecule is CCC(CO)N1CCN(Cc2ccoc2C(=O)OC)CC1. The monoisotopic (exact) mass is 296 g/mol. The number of hydrogen-bond donors (Lipinski definition) is 1. The van der Waals surface area contributed by atoms with Crippen molar-refractivity contribution in [2.24, 2.45) is 0 Å². The zero-order valence-corrected chi connectivity index (χ0v) is 12.7. The minimum absolute atomic E-state index is 0.213. The summed E-state index contributed by atoms with van der Waals surface area (Å²) in [5, 5.41) is 9.36. The molecule has 0 saturated carbocycles. The molecule has 1 unspecified atom stereocenters. The molecule has 1 atom stereocenters. The van der Waals surface area contributed by atoms with Gasteiger partial charge >= 0.3 is 5.97 Å². The number of carbonyl (C=O) groups is 1. The van der Waals surface area contributed by atoms with Crippen LogP contribution in [0.25, 0.3) is 0 Å². The van der Waals surface area contributed by atoms with Crippen LogP contribution in [0.3, 0.4) is 0 Å². The molecule has 1 aromatic heterocycles. The van der Waals surface area contributed by atoms with Crippen LogP contribution in [-0.4, -0.2) is 66.8 Å². The quantitative estimate of drug-likeness (QED) is 0.789. The molecule has 1 aliphatic rings. The van der Waals surface area contributed by atoms with Crippen LogP contribution in [0.4, 0.5) is 0 Å². The first-order chi connectivity index (χ1) is 10.2. The van der Waals surface area contributed by atoms with Crippen molar-refractivity contribution >= 4 is 5.97 Å². The van der Waals surface area contributed by atoms with E-state index in [-0.39, 0.29) is 12.6 Å². The van der Waals surface area contributed by atoms with E-state index < -0.39 is 5.97 Å². The third kappa shape index (κ3) is 3.84. The minimum Gasteiger partial charge on any atom is -0.463 e. The first kappa shape index (κ1) is 16.0. The zero-order chi connectivity index (χ0) is 15.2. The maximum atomic E-state index is 11.6. The Morgan fingerprint density at radius 2 is 2.14 bits per heavy atom. The van der Waals surface area contributed by atoms with Gasteiger partial charge in [-0.25, -0.2) is 4.79 Å². The van der Waals surface area contributed by atoms with Gasteiger partial charge < -0.3 is 14.3 Å². The lowest BCUT2D eigenvalue weighted by Crippen LogP contribution is -2.50. The van der Waals surface area contributed by atoms with Crippen LogP contribution in [0.2, 0.25) is 0 Å². The number of esters is 1. The maximum Gasteiger partial charge on any atom is 0.374 e. The normalized spacial score (nSPS) is 18.6. The Morgan fingerprint density at radius 3 is 2.71 bits per heavy atom. The Hall–Kier alpha value is -1.37. The number of rotatable bonds is 6. The van der Waals surface area contributed by atoms with Gasteiger partial charge in [-0.2, -0.15) is 0 Å². The summed E-state index contributed by atoms with van der Waals surface area (Å²) in [6, 6.07) is 2.08. The highest BCUT2D eigenvalue weighted by Gasteiger charge is 2.24. The summed E-state index contributed by atoms with van der Waals surface area (Å²) in [5.41, 5.74) is 0.865. The van der Waals surface area contributed by atoms with Crippen molar-refractivity contribution in [3.8, 4) is 0 Å². The molecule has 6 heteroatoms. The van der Waals surface area contributed by atoms with Crippen LogP contribution in [0, 0.1) is 0 Å². The Balaban J connectivity index is 1.89. The topological polar surface area (TPSA) is 66.2 Å². The Labute approximate surface area is 125 Å². The summed E-state index contributed by atoms with van der Waals surface area (Å²) < 4.78 is 9.92. The molecule has 21 heavy (non-hydrogen) atoms. The Kier molecular flexibility index (Phi) is 5.78. The van der Waals surface area contributed by atoms with E-state index in [2.05, 4.69) is 16.7 Å². The zero-order valence-electron chi connectivity index (χ0n) is 12.7. The predicted octanol–water partition coefficient (Wildman–Crippen LogP) is 0.955. The maximum absolute atomic E-state index is 11.6. The number of methoxy groups -OCH3 is 1. The van der Waals surface area contributed by atoms with Gasteiger partial charge in [-0.1, -0.05) is 6.92 Å². The highest BCUT2D eigenvalue weighted by atomic mass is 16.5. The van der Waals surface area contributed by atoms with Gasteiger partial charge in [0.25, 0.3) is 0 Å². The fraction of sp³-hybridized carbons (Fsp3) is 0.667. The fourth-order valence-electron chi connectivity index (χ4n) is 2.76. The number of hydrogen-bond acceptors (Lipinski definition) is 6. The molecule has 6 nitrogen and oxygen atoms in total. The number of carbonyl (C=O) groups excluding carboxylic acids is 1. The molecule has 0 aromatic carbocycles. The summed E-state index contributed by atoms with van der Waals surface area (Å²) >= 11 is 0. The van der Waals surface area contributed by atoms with Crippen molar-refractivity contribution < 1.29 is 19.1 Å². The second kappa shape index (κ2) is 7.59. The van der Waals surface area contributed by atoms with E-state index in [4.69, 9.17) is 9.15 Å². The summed E-state index contributed by atoms with van der Waals surface area (Å²) in [6.07, 6.45) is 2.49. The molecule has 0 bridgehead atoms. The average molecular weight is 296 g/mol. The molecule has 1 aromatic rings. The average Bonchev–Trinajstić information content (AvgIpc) is 2.97. The highest BCUT2D eigenvalue weighted by molar-refractivity contribution is 5.87. The third-order valence-corrected chi connectivity index (χ3v) is 4.12. The summed E-state index contributed by atoms with van der Waals surface area (Å²) in [6.45, 7) is 6.70. The van der Waals surface area contributed by atoms with Crippen LogP contribution in [-0.2, 0) is 11.3 Å². The van der Waals surface area contributed by atoms with Crippen LogP contribution in [0.1, 0.15) is 29.5 Å². The number of ether oxygens (including phenoxy) is 1. The molecule has 1 aliphatic heterocycles. The van der Waals surface area contributed by atoms with Gasteiger partial charge in [-0.3, -0.25) is 9.80 Å². The molecule has 118 valence electrons. The van der Waals surface area contributed by atoms with Gasteiger partial charge in [-0.15, -0.1) is 0 Å². The minimum atomic E-state index is -0.431. The molecule has 1 N–H and O–H groups in total. The van der Waals surface area contributed by atoms with Crippen LogP contribution in [0.15, 0.2) is 16.7 Å². The van der Waals surface area contributed by atoms with E-state index in [9.17, 15) is 9.90 Å². The van der Waals surface area contributed by atoms with Crippen molar-refractivity contribution in [1.29, 1.82) is 0 Å². The van der Waals surface area contributed by atoms with E-state index >= 15 is 0 Å². The molecular weight excluding hydrogens is 272 g/mol. The first-order valence-corrected chi connectivity index (χ1v) is 7.41. The van der Waals surface area contributed by atoms with E-state index in [1.165, 1.54) is 13.4 Å². The van der Waals surface area contributed by atoms with Gasteiger partial charge in [0.15, 0.2) is 0 Å². The van der Waals surface area contributed by atoms with Crippen molar-refractivity contribution in [3.05, 3.63) is 23.7 Å². The van der Waals surface area contributed by atoms with Gasteiger partial charge in [-0.05, 0) is 12.5 Å². The van der Waals surface area contributed by atoms with E-state index in [0.717, 1.165) is 38.2 Å². The number of furan rings is 1. The van der Waals surface area contributed by atoms with Gasteiger partial charge in [0.2, 0.25) is 5.76 Å². The predicted molar refractivity (Wildman–Crippen MR) is 78.1 cm³/mol. The fourth-order valence-corrected chi connectivity index (χ4v) is 2.76. The van der Waals surface area contributed by atoms with Crippen LogP contribution in [0.5, 0.6) is 0 Å². The molecule has 0 amide bonds. The first-order valence-electron chi connectivity index (χ1n) is 7.41. The number of aliphatic hydroxyl groups excluding tert-OH is 1. The lowest BCUT2D eigenvalue weighted by molar-refractivity contribution is 0.0542. The van der Waals surface area contributed by atoms with Crippen LogP contribution >= 0.6 is 0 Å². The second-order valence-corrected chi connectivity index (χ2v) is 5.32. The van der Waals surface area contributed by atoms with Gasteiger partial charge in [0, 0.05) is 44.3 Å². The largest absolute Gasteiger partial charge is 0.463 e. The molecule has 0 aliphatic carbocycles. The van der Waals surface area contributed by atoms with E-state index in [0.29, 0.717) is 12.3 Å². The number of piperazine rings is 1. The molecule has 1 fully saturated rings. The third-order valence-electron chi connectivity index (χ3n) is 4.12. The molecule has 0 spiro atoms. The van der Waals surface area contributed by atoms with Crippen molar-refractivity contribution in [2.75, 3.05) is 39.9 Å². The van der Waals surface area contributed by atoms with Crippen molar-refractivity contribution in [1.82, 2.24) is 9.80 Å². The summed E-state index contributed by atoms with van der Waals surface area (Å²) in [4.78, 5) is 16.2. The molecule has 2 rings (SSSR count). The van der Waals surface area contributed by atoms with Crippen molar-refractivity contribution in [3.63, 3.8) is 0 Å². The number of aliphatic hydroxyl groups is 1.